The number of aromatic nitrogens is 1. The fourth-order valence-corrected chi connectivity index (χ4v) is 4.14. The molecule has 2 fully saturated rings. The Kier molecular flexibility index (Phi) is 6.31. The van der Waals surface area contributed by atoms with Crippen LogP contribution < -0.4 is 15.5 Å². The zero-order chi connectivity index (χ0) is 22.0. The normalized spacial score (nSPS) is 25.3. The first-order valence-corrected chi connectivity index (χ1v) is 10.3. The number of ether oxygens (including phenoxy) is 2. The summed E-state index contributed by atoms with van der Waals surface area (Å²) in [4.78, 5) is 18.8. The number of anilines is 1. The van der Waals surface area contributed by atoms with Crippen LogP contribution in [0.2, 0.25) is 0 Å². The molecule has 1 aromatic heterocycles. The number of hydrogen-bond donors (Lipinski definition) is 2. The number of morpholine rings is 1. The van der Waals surface area contributed by atoms with Gasteiger partial charge in [0, 0.05) is 36.9 Å². The smallest absolute Gasteiger partial charge is 0.378 e. The molecule has 0 aliphatic carbocycles. The minimum Gasteiger partial charge on any atom is -0.378 e. The summed E-state index contributed by atoms with van der Waals surface area (Å²) in [5, 5.41) is 6.55. The molecule has 2 aromatic rings. The molecule has 0 unspecified atom stereocenters. The summed E-state index contributed by atoms with van der Waals surface area (Å²) in [5.74, 6) is -0.260. The van der Waals surface area contributed by atoms with Crippen LogP contribution in [0.25, 0.3) is 10.9 Å². The topological polar surface area (TPSA) is 75.7 Å². The van der Waals surface area contributed by atoms with Crippen molar-refractivity contribution in [2.45, 2.75) is 31.3 Å². The number of alkyl halides is 3. The van der Waals surface area contributed by atoms with Crippen molar-refractivity contribution in [3.8, 4) is 0 Å². The fourth-order valence-electron chi connectivity index (χ4n) is 4.14. The zero-order valence-electron chi connectivity index (χ0n) is 17.1. The molecule has 3 heterocycles. The number of pyridine rings is 1. The van der Waals surface area contributed by atoms with Crippen LogP contribution in [0.15, 0.2) is 30.5 Å². The molecule has 2 aliphatic heterocycles. The Balaban J connectivity index is 1.59. The monoisotopic (exact) mass is 438 g/mol. The van der Waals surface area contributed by atoms with Crippen molar-refractivity contribution in [3.63, 3.8) is 0 Å². The molecule has 0 radical (unpaired) electrons. The first-order chi connectivity index (χ1) is 14.9. The molecular formula is C21H25F3N4O3. The second-order valence-electron chi connectivity index (χ2n) is 7.74. The number of rotatable bonds is 3. The van der Waals surface area contributed by atoms with E-state index < -0.39 is 17.8 Å². The second kappa shape index (κ2) is 8.97. The van der Waals surface area contributed by atoms with E-state index >= 15 is 0 Å². The summed E-state index contributed by atoms with van der Waals surface area (Å²) < 4.78 is 51.6. The maximum absolute atomic E-state index is 13.4. The Morgan fingerprint density at radius 1 is 1.29 bits per heavy atom. The highest BCUT2D eigenvalue weighted by Crippen LogP contribution is 2.38. The average Bonchev–Trinajstić information content (AvgIpc) is 3.01. The van der Waals surface area contributed by atoms with Gasteiger partial charge in [-0.1, -0.05) is 0 Å². The molecule has 2 N–H and O–H groups in total. The SMILES string of the molecule is C[C@@H]1[C@H](C(=O)N[C@@H]2CNCCOC2)OCCN1c1ccc(C(F)(F)F)c2ncccc12. The summed E-state index contributed by atoms with van der Waals surface area (Å²) >= 11 is 0. The third kappa shape index (κ3) is 4.60. The largest absolute Gasteiger partial charge is 0.418 e. The lowest BCUT2D eigenvalue weighted by atomic mass is 10.0. The molecule has 1 amide bonds. The molecule has 168 valence electrons. The molecule has 2 aliphatic rings. The van der Waals surface area contributed by atoms with Gasteiger partial charge < -0.3 is 25.0 Å². The molecule has 2 saturated heterocycles. The van der Waals surface area contributed by atoms with E-state index in [1.807, 2.05) is 11.8 Å². The third-order valence-corrected chi connectivity index (χ3v) is 5.66. The van der Waals surface area contributed by atoms with Gasteiger partial charge in [0.2, 0.25) is 0 Å². The van der Waals surface area contributed by atoms with E-state index in [4.69, 9.17) is 9.47 Å². The van der Waals surface area contributed by atoms with Gasteiger partial charge in [0.25, 0.3) is 5.91 Å². The van der Waals surface area contributed by atoms with Gasteiger partial charge in [-0.05, 0) is 31.2 Å². The molecule has 1 aromatic carbocycles. The predicted molar refractivity (Wildman–Crippen MR) is 109 cm³/mol. The molecule has 10 heteroatoms. The number of fused-ring (bicyclic) bond motifs is 1. The van der Waals surface area contributed by atoms with Crippen LogP contribution in [0.1, 0.15) is 12.5 Å². The van der Waals surface area contributed by atoms with Crippen molar-refractivity contribution < 1.29 is 27.4 Å². The minimum absolute atomic E-state index is 0.103. The first-order valence-electron chi connectivity index (χ1n) is 10.3. The van der Waals surface area contributed by atoms with Crippen LogP contribution in [-0.4, -0.2) is 68.5 Å². The number of benzene rings is 1. The summed E-state index contributed by atoms with van der Waals surface area (Å²) in [6, 6.07) is 5.19. The standard InChI is InChI=1S/C21H25F3N4O3/c1-13-19(20(29)27-14-11-25-7-9-30-12-14)31-10-8-28(13)17-5-4-16(21(22,23)24)18-15(17)3-2-6-26-18/h2-6,13-14,19,25H,7-12H2,1H3,(H,27,29)/t13-,14-,19-/m1/s1. The van der Waals surface area contributed by atoms with Crippen LogP contribution in [0.4, 0.5) is 18.9 Å². The average molecular weight is 438 g/mol. The van der Waals surface area contributed by atoms with Crippen molar-refractivity contribution in [1.82, 2.24) is 15.6 Å². The summed E-state index contributed by atoms with van der Waals surface area (Å²) in [5.41, 5.74) is -0.277. The van der Waals surface area contributed by atoms with E-state index in [9.17, 15) is 18.0 Å². The van der Waals surface area contributed by atoms with E-state index in [2.05, 4.69) is 15.6 Å². The molecule has 3 atom stereocenters. The van der Waals surface area contributed by atoms with Gasteiger partial charge in [-0.2, -0.15) is 13.2 Å². The predicted octanol–water partition coefficient (Wildman–Crippen LogP) is 1.95. The Morgan fingerprint density at radius 3 is 2.94 bits per heavy atom. The number of carbonyl (C=O) groups excluding carboxylic acids is 1. The molecule has 0 bridgehead atoms. The molecule has 31 heavy (non-hydrogen) atoms. The Morgan fingerprint density at radius 2 is 2.13 bits per heavy atom. The van der Waals surface area contributed by atoms with Gasteiger partial charge in [0.15, 0.2) is 6.10 Å². The highest BCUT2D eigenvalue weighted by molar-refractivity contribution is 5.95. The molecular weight excluding hydrogens is 413 g/mol. The second-order valence-corrected chi connectivity index (χ2v) is 7.74. The fraction of sp³-hybridized carbons (Fsp3) is 0.524. The number of nitrogens with zero attached hydrogens (tertiary/aromatic N) is 2. The van der Waals surface area contributed by atoms with Gasteiger partial charge in [-0.15, -0.1) is 0 Å². The first kappa shape index (κ1) is 21.8. The van der Waals surface area contributed by atoms with E-state index in [0.717, 1.165) is 12.6 Å². The van der Waals surface area contributed by atoms with Crippen LogP contribution in [0.5, 0.6) is 0 Å². The Labute approximate surface area is 177 Å². The Hall–Kier alpha value is -2.43. The number of hydrogen-bond acceptors (Lipinski definition) is 6. The lowest BCUT2D eigenvalue weighted by molar-refractivity contribution is -0.137. The van der Waals surface area contributed by atoms with E-state index in [1.54, 1.807) is 12.1 Å². The quantitative estimate of drug-likeness (QED) is 0.763. The van der Waals surface area contributed by atoms with Gasteiger partial charge in [0.1, 0.15) is 0 Å². The van der Waals surface area contributed by atoms with Crippen LogP contribution in [0, 0.1) is 0 Å². The highest BCUT2D eigenvalue weighted by atomic mass is 19.4. The molecule has 0 spiro atoms. The summed E-state index contributed by atoms with van der Waals surface area (Å²) in [6.45, 7) is 4.91. The van der Waals surface area contributed by atoms with Gasteiger partial charge in [-0.3, -0.25) is 9.78 Å². The van der Waals surface area contributed by atoms with Crippen LogP contribution in [-0.2, 0) is 20.4 Å². The number of amides is 1. The maximum atomic E-state index is 13.4. The number of nitrogens with one attached hydrogen (secondary N) is 2. The van der Waals surface area contributed by atoms with Crippen molar-refractivity contribution in [3.05, 3.63) is 36.0 Å². The third-order valence-electron chi connectivity index (χ3n) is 5.66. The molecule has 4 rings (SSSR count). The van der Waals surface area contributed by atoms with Crippen molar-refractivity contribution in [2.24, 2.45) is 0 Å². The van der Waals surface area contributed by atoms with Gasteiger partial charge in [0.05, 0.1) is 43.0 Å². The lowest BCUT2D eigenvalue weighted by Crippen LogP contribution is -2.58. The van der Waals surface area contributed by atoms with Crippen molar-refractivity contribution in [1.29, 1.82) is 0 Å². The number of carbonyl (C=O) groups is 1. The van der Waals surface area contributed by atoms with Crippen molar-refractivity contribution >= 4 is 22.5 Å². The van der Waals surface area contributed by atoms with E-state index in [0.29, 0.717) is 37.4 Å². The van der Waals surface area contributed by atoms with Crippen LogP contribution in [0.3, 0.4) is 0 Å². The highest BCUT2D eigenvalue weighted by Gasteiger charge is 2.38. The molecule has 7 nitrogen and oxygen atoms in total. The summed E-state index contributed by atoms with van der Waals surface area (Å²) in [6.07, 6.45) is -3.91. The minimum atomic E-state index is -4.50. The number of halogens is 3. The van der Waals surface area contributed by atoms with Gasteiger partial charge >= 0.3 is 6.18 Å². The van der Waals surface area contributed by atoms with Crippen molar-refractivity contribution in [2.75, 3.05) is 44.4 Å². The van der Waals surface area contributed by atoms with Crippen LogP contribution >= 0.6 is 0 Å². The Bertz CT molecular complexity index is 932. The van der Waals surface area contributed by atoms with E-state index in [-0.39, 0.29) is 30.1 Å². The van der Waals surface area contributed by atoms with E-state index in [1.165, 1.54) is 12.3 Å². The maximum Gasteiger partial charge on any atom is 0.418 e. The zero-order valence-corrected chi connectivity index (χ0v) is 17.1. The molecule has 0 saturated carbocycles. The summed E-state index contributed by atoms with van der Waals surface area (Å²) in [7, 11) is 0. The lowest BCUT2D eigenvalue weighted by Gasteiger charge is -2.41. The van der Waals surface area contributed by atoms with Gasteiger partial charge in [-0.25, -0.2) is 0 Å².